The zero-order valence-corrected chi connectivity index (χ0v) is 18.5. The molecule has 162 valence electrons. The maximum Gasteiger partial charge on any atom is 0.305 e. The number of hydrogen-bond acceptors (Lipinski definition) is 4. The number of aromatic nitrogens is 2. The van der Waals surface area contributed by atoms with E-state index in [-0.39, 0.29) is 5.97 Å². The molecule has 0 spiro atoms. The Kier molecular flexibility index (Phi) is 7.23. The van der Waals surface area contributed by atoms with E-state index in [1.807, 2.05) is 31.2 Å². The van der Waals surface area contributed by atoms with Crippen LogP contribution in [0.5, 0.6) is 0 Å². The molecule has 2 aromatic heterocycles. The number of pyridine rings is 2. The predicted molar refractivity (Wildman–Crippen MR) is 129 cm³/mol. The molecule has 4 nitrogen and oxygen atoms in total. The minimum Gasteiger partial charge on any atom is -0.466 e. The van der Waals surface area contributed by atoms with Crippen molar-refractivity contribution in [1.82, 2.24) is 9.97 Å². The van der Waals surface area contributed by atoms with Gasteiger partial charge in [0, 0.05) is 28.6 Å². The number of carbonyl (C=O) groups is 1. The third-order valence-corrected chi connectivity index (χ3v) is 5.49. The van der Waals surface area contributed by atoms with Crippen molar-refractivity contribution in [3.05, 3.63) is 84.6 Å². The second-order valence-corrected chi connectivity index (χ2v) is 7.83. The number of nitrogens with zero attached hydrogens (tertiary/aromatic N) is 2. The lowest BCUT2D eigenvalue weighted by atomic mass is 9.98. The monoisotopic (exact) mass is 424 g/mol. The van der Waals surface area contributed by atoms with Crippen molar-refractivity contribution in [2.75, 3.05) is 6.61 Å². The summed E-state index contributed by atoms with van der Waals surface area (Å²) in [4.78, 5) is 21.3. The van der Waals surface area contributed by atoms with Gasteiger partial charge in [0.15, 0.2) is 5.65 Å². The average Bonchev–Trinajstić information content (AvgIpc) is 2.84. The molecule has 0 fully saturated rings. The molecule has 0 N–H and O–H groups in total. The highest BCUT2D eigenvalue weighted by Crippen LogP contribution is 2.33. The van der Waals surface area contributed by atoms with Crippen LogP contribution in [0, 0.1) is 0 Å². The van der Waals surface area contributed by atoms with Crippen molar-refractivity contribution in [3.63, 3.8) is 0 Å². The second-order valence-electron chi connectivity index (χ2n) is 7.83. The van der Waals surface area contributed by atoms with Crippen LogP contribution in [0.1, 0.15) is 38.3 Å². The topological polar surface area (TPSA) is 52.1 Å². The van der Waals surface area contributed by atoms with Crippen LogP contribution in [0.3, 0.4) is 0 Å². The number of aryl methyl sites for hydroxylation is 1. The molecule has 4 heteroatoms. The molecule has 0 aliphatic carbocycles. The van der Waals surface area contributed by atoms with Gasteiger partial charge in [-0.15, -0.1) is 0 Å². The molecule has 0 saturated heterocycles. The molecule has 4 rings (SSSR count). The highest BCUT2D eigenvalue weighted by atomic mass is 16.5. The molecular weight excluding hydrogens is 396 g/mol. The Labute approximate surface area is 189 Å². The van der Waals surface area contributed by atoms with Gasteiger partial charge in [0.25, 0.3) is 0 Å². The number of ether oxygens (including phenoxy) is 1. The number of rotatable bonds is 9. The van der Waals surface area contributed by atoms with E-state index >= 15 is 0 Å². The van der Waals surface area contributed by atoms with Crippen molar-refractivity contribution < 1.29 is 9.53 Å². The van der Waals surface area contributed by atoms with Crippen molar-refractivity contribution in [3.8, 4) is 22.4 Å². The molecule has 4 aromatic rings. The first-order valence-electron chi connectivity index (χ1n) is 11.3. The van der Waals surface area contributed by atoms with Gasteiger partial charge < -0.3 is 4.74 Å². The Morgan fingerprint density at radius 3 is 2.25 bits per heavy atom. The summed E-state index contributed by atoms with van der Waals surface area (Å²) in [6, 6.07) is 27.0. The van der Waals surface area contributed by atoms with Crippen LogP contribution in [0.4, 0.5) is 0 Å². The maximum atomic E-state index is 11.5. The van der Waals surface area contributed by atoms with Gasteiger partial charge in [-0.25, -0.2) is 9.97 Å². The number of hydrogen-bond donors (Lipinski definition) is 0. The largest absolute Gasteiger partial charge is 0.466 e. The van der Waals surface area contributed by atoms with E-state index in [1.165, 1.54) is 0 Å². The van der Waals surface area contributed by atoms with Crippen molar-refractivity contribution in [2.24, 2.45) is 0 Å². The van der Waals surface area contributed by atoms with Crippen LogP contribution in [0.2, 0.25) is 0 Å². The van der Waals surface area contributed by atoms with Gasteiger partial charge in [-0.05, 0) is 49.9 Å². The summed E-state index contributed by atoms with van der Waals surface area (Å²) in [7, 11) is 0. The zero-order valence-electron chi connectivity index (χ0n) is 18.5. The molecule has 0 radical (unpaired) electrons. The number of fused-ring (bicyclic) bond motifs is 1. The molecule has 0 saturated carbocycles. The Balaban J connectivity index is 1.56. The van der Waals surface area contributed by atoms with E-state index in [0.717, 1.165) is 64.8 Å². The van der Waals surface area contributed by atoms with Crippen molar-refractivity contribution in [2.45, 2.75) is 39.0 Å². The van der Waals surface area contributed by atoms with E-state index in [9.17, 15) is 4.79 Å². The molecule has 0 aliphatic rings. The van der Waals surface area contributed by atoms with E-state index in [2.05, 4.69) is 54.6 Å². The summed E-state index contributed by atoms with van der Waals surface area (Å²) in [5.74, 6) is -0.108. The van der Waals surface area contributed by atoms with Crippen LogP contribution >= 0.6 is 0 Å². The van der Waals surface area contributed by atoms with Gasteiger partial charge in [-0.2, -0.15) is 0 Å². The summed E-state index contributed by atoms with van der Waals surface area (Å²) in [6.07, 6.45) is 4.19. The maximum absolute atomic E-state index is 11.5. The smallest absolute Gasteiger partial charge is 0.305 e. The van der Waals surface area contributed by atoms with E-state index in [1.54, 1.807) is 0 Å². The number of esters is 1. The molecule has 0 atom stereocenters. The molecule has 0 unspecified atom stereocenters. The fourth-order valence-corrected chi connectivity index (χ4v) is 3.87. The van der Waals surface area contributed by atoms with Crippen LogP contribution in [-0.2, 0) is 16.0 Å². The van der Waals surface area contributed by atoms with Gasteiger partial charge in [0.05, 0.1) is 12.3 Å². The third kappa shape index (κ3) is 5.38. The Morgan fingerprint density at radius 2 is 1.53 bits per heavy atom. The highest BCUT2D eigenvalue weighted by molar-refractivity contribution is 5.90. The summed E-state index contributed by atoms with van der Waals surface area (Å²) in [5.41, 5.74) is 6.09. The lowest BCUT2D eigenvalue weighted by Gasteiger charge is -2.12. The lowest BCUT2D eigenvalue weighted by molar-refractivity contribution is -0.143. The first kappa shape index (κ1) is 21.7. The molecule has 0 aliphatic heterocycles. The molecule has 2 aromatic carbocycles. The van der Waals surface area contributed by atoms with Gasteiger partial charge in [-0.1, -0.05) is 67.1 Å². The van der Waals surface area contributed by atoms with Crippen LogP contribution in [-0.4, -0.2) is 22.5 Å². The second kappa shape index (κ2) is 10.7. The SMILES string of the molecule is CCOC(=O)CCCCCc1ccc2cc(-c3ccccc3)c(-c3ccccc3)nc2n1. The number of carbonyl (C=O) groups excluding carboxylic acids is 1. The van der Waals surface area contributed by atoms with Crippen molar-refractivity contribution in [1.29, 1.82) is 0 Å². The Morgan fingerprint density at radius 1 is 0.812 bits per heavy atom. The highest BCUT2D eigenvalue weighted by Gasteiger charge is 2.12. The molecule has 0 amide bonds. The minimum atomic E-state index is -0.108. The predicted octanol–water partition coefficient (Wildman–Crippen LogP) is 6.63. The first-order valence-corrected chi connectivity index (χ1v) is 11.3. The van der Waals surface area contributed by atoms with E-state index < -0.39 is 0 Å². The average molecular weight is 425 g/mol. The Bertz CT molecular complexity index is 1170. The molecule has 0 bridgehead atoms. The van der Waals surface area contributed by atoms with Gasteiger partial charge in [0.2, 0.25) is 0 Å². The summed E-state index contributed by atoms with van der Waals surface area (Å²) >= 11 is 0. The van der Waals surface area contributed by atoms with Gasteiger partial charge in [0.1, 0.15) is 0 Å². The van der Waals surface area contributed by atoms with Crippen molar-refractivity contribution >= 4 is 17.0 Å². The summed E-state index contributed by atoms with van der Waals surface area (Å²) < 4.78 is 4.98. The normalized spacial score (nSPS) is 10.9. The van der Waals surface area contributed by atoms with E-state index in [0.29, 0.717) is 13.0 Å². The van der Waals surface area contributed by atoms with Crippen LogP contribution in [0.15, 0.2) is 78.9 Å². The minimum absolute atomic E-state index is 0.108. The van der Waals surface area contributed by atoms with Crippen LogP contribution < -0.4 is 0 Å². The summed E-state index contributed by atoms with van der Waals surface area (Å²) in [5, 5.41) is 1.04. The lowest BCUT2D eigenvalue weighted by Crippen LogP contribution is -2.03. The quantitative estimate of drug-likeness (QED) is 0.223. The van der Waals surface area contributed by atoms with Gasteiger partial charge >= 0.3 is 5.97 Å². The molecular formula is C28H28N2O2. The Hall–Kier alpha value is -3.53. The first-order chi connectivity index (χ1) is 15.7. The fourth-order valence-electron chi connectivity index (χ4n) is 3.87. The van der Waals surface area contributed by atoms with Gasteiger partial charge in [-0.3, -0.25) is 4.79 Å². The third-order valence-electron chi connectivity index (χ3n) is 5.49. The van der Waals surface area contributed by atoms with Crippen LogP contribution in [0.25, 0.3) is 33.4 Å². The molecule has 32 heavy (non-hydrogen) atoms. The molecule has 2 heterocycles. The number of benzene rings is 2. The standard InChI is InChI=1S/C28H28N2O2/c1-2-32-26(31)17-11-5-10-16-24-19-18-23-20-25(21-12-6-3-7-13-21)27(30-28(23)29-24)22-14-8-4-9-15-22/h3-4,6-9,12-15,18-20H,2,5,10-11,16-17H2,1H3. The fraction of sp³-hybridized carbons (Fsp3) is 0.250. The summed E-state index contributed by atoms with van der Waals surface area (Å²) in [6.45, 7) is 2.28. The number of unbranched alkanes of at least 4 members (excludes halogenated alkanes) is 2. The zero-order chi connectivity index (χ0) is 22.2. The van der Waals surface area contributed by atoms with E-state index in [4.69, 9.17) is 14.7 Å².